The van der Waals surface area contributed by atoms with Crippen LogP contribution in [0.4, 0.5) is 10.1 Å². The van der Waals surface area contributed by atoms with Crippen molar-refractivity contribution in [1.29, 1.82) is 0 Å². The summed E-state index contributed by atoms with van der Waals surface area (Å²) in [6, 6.07) is 9.46. The second kappa shape index (κ2) is 8.75. The molecular formula is C18H17FN2O6. The number of nitro benzene ring substituents is 1. The standard InChI is InChI=1S/C18H17FN2O6/c1-20(10-12-5-3-4-6-15(12)19)17(22)11-27-18(23)14-9-13(21(24)25)7-8-16(14)26-2/h3-9H,10-11H2,1-2H3. The van der Waals surface area contributed by atoms with E-state index in [9.17, 15) is 24.1 Å². The number of non-ortho nitro benzene ring substituents is 1. The molecule has 2 aromatic carbocycles. The van der Waals surface area contributed by atoms with Crippen molar-refractivity contribution in [3.63, 3.8) is 0 Å². The fraction of sp³-hybridized carbons (Fsp3) is 0.222. The smallest absolute Gasteiger partial charge is 0.342 e. The molecule has 0 radical (unpaired) electrons. The first-order chi connectivity index (χ1) is 12.8. The Morgan fingerprint density at radius 2 is 1.93 bits per heavy atom. The number of esters is 1. The number of methoxy groups -OCH3 is 1. The summed E-state index contributed by atoms with van der Waals surface area (Å²) in [5, 5.41) is 10.9. The van der Waals surface area contributed by atoms with Crippen LogP contribution in [0.15, 0.2) is 42.5 Å². The Morgan fingerprint density at radius 3 is 2.56 bits per heavy atom. The van der Waals surface area contributed by atoms with Crippen LogP contribution in [-0.4, -0.2) is 42.5 Å². The quantitative estimate of drug-likeness (QED) is 0.418. The monoisotopic (exact) mass is 376 g/mol. The Bertz CT molecular complexity index is 871. The van der Waals surface area contributed by atoms with Gasteiger partial charge in [-0.2, -0.15) is 0 Å². The highest BCUT2D eigenvalue weighted by Crippen LogP contribution is 2.24. The van der Waals surface area contributed by atoms with E-state index in [1.54, 1.807) is 12.1 Å². The number of nitro groups is 1. The molecule has 0 aromatic heterocycles. The summed E-state index contributed by atoms with van der Waals surface area (Å²) < 4.78 is 23.6. The van der Waals surface area contributed by atoms with E-state index in [4.69, 9.17) is 9.47 Å². The molecule has 0 atom stereocenters. The van der Waals surface area contributed by atoms with Crippen molar-refractivity contribution >= 4 is 17.6 Å². The molecule has 2 rings (SSSR count). The van der Waals surface area contributed by atoms with Gasteiger partial charge in [0.25, 0.3) is 11.6 Å². The van der Waals surface area contributed by atoms with Gasteiger partial charge in [0, 0.05) is 31.3 Å². The van der Waals surface area contributed by atoms with Gasteiger partial charge in [-0.25, -0.2) is 9.18 Å². The van der Waals surface area contributed by atoms with Crippen LogP contribution in [0.25, 0.3) is 0 Å². The fourth-order valence-corrected chi connectivity index (χ4v) is 2.25. The first-order valence-corrected chi connectivity index (χ1v) is 7.80. The Morgan fingerprint density at radius 1 is 1.22 bits per heavy atom. The number of carbonyl (C=O) groups is 2. The van der Waals surface area contributed by atoms with Crippen molar-refractivity contribution in [3.8, 4) is 5.75 Å². The third-order valence-electron chi connectivity index (χ3n) is 3.73. The number of nitrogens with zero attached hydrogens (tertiary/aromatic N) is 2. The summed E-state index contributed by atoms with van der Waals surface area (Å²) in [6.07, 6.45) is 0. The Labute approximate surface area is 154 Å². The van der Waals surface area contributed by atoms with Crippen LogP contribution in [-0.2, 0) is 16.1 Å². The van der Waals surface area contributed by atoms with Crippen molar-refractivity contribution in [2.45, 2.75) is 6.54 Å². The molecule has 8 nitrogen and oxygen atoms in total. The number of rotatable bonds is 7. The Balaban J connectivity index is 2.02. The Kier molecular flexibility index (Phi) is 6.42. The van der Waals surface area contributed by atoms with Gasteiger partial charge in [0.15, 0.2) is 6.61 Å². The zero-order valence-electron chi connectivity index (χ0n) is 14.7. The van der Waals surface area contributed by atoms with E-state index in [2.05, 4.69) is 0 Å². The SMILES string of the molecule is COc1ccc([N+](=O)[O-])cc1C(=O)OCC(=O)N(C)Cc1ccccc1F. The summed E-state index contributed by atoms with van der Waals surface area (Å²) in [5.41, 5.74) is -0.165. The highest BCUT2D eigenvalue weighted by molar-refractivity contribution is 5.94. The number of benzene rings is 2. The minimum Gasteiger partial charge on any atom is -0.496 e. The lowest BCUT2D eigenvalue weighted by Crippen LogP contribution is -2.31. The molecule has 1 amide bonds. The predicted molar refractivity (Wildman–Crippen MR) is 92.8 cm³/mol. The molecule has 0 saturated heterocycles. The maximum atomic E-state index is 13.6. The van der Waals surface area contributed by atoms with Gasteiger partial charge in [0.05, 0.1) is 12.0 Å². The molecule has 0 fully saturated rings. The van der Waals surface area contributed by atoms with E-state index in [1.807, 2.05) is 0 Å². The van der Waals surface area contributed by atoms with Crippen LogP contribution in [0.3, 0.4) is 0 Å². The molecule has 0 unspecified atom stereocenters. The van der Waals surface area contributed by atoms with E-state index >= 15 is 0 Å². The summed E-state index contributed by atoms with van der Waals surface area (Å²) >= 11 is 0. The molecule has 0 aliphatic heterocycles. The number of likely N-dealkylation sites (N-methyl/N-ethyl adjacent to an activating group) is 1. The van der Waals surface area contributed by atoms with E-state index in [0.29, 0.717) is 5.56 Å². The average molecular weight is 376 g/mol. The minimum absolute atomic E-state index is 0.00316. The van der Waals surface area contributed by atoms with Gasteiger partial charge < -0.3 is 14.4 Å². The zero-order chi connectivity index (χ0) is 20.0. The number of ether oxygens (including phenoxy) is 2. The van der Waals surface area contributed by atoms with Crippen LogP contribution >= 0.6 is 0 Å². The molecule has 142 valence electrons. The molecule has 0 saturated carbocycles. The number of amides is 1. The van der Waals surface area contributed by atoms with Crippen LogP contribution in [0.1, 0.15) is 15.9 Å². The van der Waals surface area contributed by atoms with Gasteiger partial charge in [0.2, 0.25) is 0 Å². The lowest BCUT2D eigenvalue weighted by Gasteiger charge is -2.17. The van der Waals surface area contributed by atoms with Gasteiger partial charge in [0.1, 0.15) is 17.1 Å². The van der Waals surface area contributed by atoms with Crippen molar-refractivity contribution in [1.82, 2.24) is 4.90 Å². The molecule has 2 aromatic rings. The normalized spacial score (nSPS) is 10.2. The van der Waals surface area contributed by atoms with Crippen LogP contribution in [0.2, 0.25) is 0 Å². The maximum Gasteiger partial charge on any atom is 0.342 e. The molecule has 0 aliphatic carbocycles. The van der Waals surface area contributed by atoms with E-state index < -0.39 is 29.2 Å². The molecule has 0 aliphatic rings. The lowest BCUT2D eigenvalue weighted by molar-refractivity contribution is -0.384. The van der Waals surface area contributed by atoms with Crippen LogP contribution in [0.5, 0.6) is 5.75 Å². The highest BCUT2D eigenvalue weighted by Gasteiger charge is 2.20. The molecule has 9 heteroatoms. The lowest BCUT2D eigenvalue weighted by atomic mass is 10.2. The summed E-state index contributed by atoms with van der Waals surface area (Å²) in [7, 11) is 2.74. The molecule has 0 heterocycles. The number of hydrogen-bond acceptors (Lipinski definition) is 6. The van der Waals surface area contributed by atoms with E-state index in [1.165, 1.54) is 43.3 Å². The van der Waals surface area contributed by atoms with Crippen LogP contribution in [0, 0.1) is 15.9 Å². The number of carbonyl (C=O) groups excluding carboxylic acids is 2. The first-order valence-electron chi connectivity index (χ1n) is 7.80. The Hall–Kier alpha value is -3.49. The van der Waals surface area contributed by atoms with Crippen molar-refractivity contribution in [2.24, 2.45) is 0 Å². The van der Waals surface area contributed by atoms with Gasteiger partial charge in [-0.15, -0.1) is 0 Å². The minimum atomic E-state index is -0.941. The van der Waals surface area contributed by atoms with E-state index in [-0.39, 0.29) is 23.5 Å². The number of halogens is 1. The van der Waals surface area contributed by atoms with Gasteiger partial charge >= 0.3 is 5.97 Å². The summed E-state index contributed by atoms with van der Waals surface area (Å²) in [4.78, 5) is 35.7. The highest BCUT2D eigenvalue weighted by atomic mass is 19.1. The number of hydrogen-bond donors (Lipinski definition) is 0. The third-order valence-corrected chi connectivity index (χ3v) is 3.73. The topological polar surface area (TPSA) is 99.0 Å². The summed E-state index contributed by atoms with van der Waals surface area (Å²) in [5.74, 6) is -1.87. The first kappa shape index (κ1) is 19.8. The molecule has 0 N–H and O–H groups in total. The van der Waals surface area contributed by atoms with Gasteiger partial charge in [-0.05, 0) is 12.1 Å². The molecule has 0 spiro atoms. The van der Waals surface area contributed by atoms with E-state index in [0.717, 1.165) is 6.07 Å². The van der Waals surface area contributed by atoms with Gasteiger partial charge in [-0.3, -0.25) is 14.9 Å². The third kappa shape index (κ3) is 5.00. The van der Waals surface area contributed by atoms with Crippen molar-refractivity contribution in [3.05, 3.63) is 69.5 Å². The zero-order valence-corrected chi connectivity index (χ0v) is 14.7. The largest absolute Gasteiger partial charge is 0.496 e. The van der Waals surface area contributed by atoms with Crippen LogP contribution < -0.4 is 4.74 Å². The second-order valence-corrected chi connectivity index (χ2v) is 5.56. The van der Waals surface area contributed by atoms with Crippen molar-refractivity contribution < 1.29 is 28.4 Å². The fourth-order valence-electron chi connectivity index (χ4n) is 2.25. The van der Waals surface area contributed by atoms with Crippen molar-refractivity contribution in [2.75, 3.05) is 20.8 Å². The predicted octanol–water partition coefficient (Wildman–Crippen LogP) is 2.56. The van der Waals surface area contributed by atoms with Gasteiger partial charge in [-0.1, -0.05) is 18.2 Å². The second-order valence-electron chi connectivity index (χ2n) is 5.56. The molecule has 0 bridgehead atoms. The maximum absolute atomic E-state index is 13.6. The molecular weight excluding hydrogens is 359 g/mol. The molecule has 27 heavy (non-hydrogen) atoms. The average Bonchev–Trinajstić information content (AvgIpc) is 2.66. The summed E-state index contributed by atoms with van der Waals surface area (Å²) in [6.45, 7) is -0.598.